The number of imide groups is 1. The lowest BCUT2D eigenvalue weighted by Crippen LogP contribution is -2.39. The molecule has 6 nitrogen and oxygen atoms in total. The molecule has 1 aliphatic rings. The van der Waals surface area contributed by atoms with Crippen LogP contribution in [0.15, 0.2) is 0 Å². The number of nitrogens with one attached hydrogen (secondary N) is 1. The van der Waals surface area contributed by atoms with Gasteiger partial charge in [0.2, 0.25) is 21.8 Å². The van der Waals surface area contributed by atoms with Gasteiger partial charge in [-0.05, 0) is 12.7 Å². The SMILES string of the molecule is CCCS(=O)(=O)NCCN1C(=O)CC(SC)C1=O. The number of hydrogen-bond acceptors (Lipinski definition) is 5. The Morgan fingerprint density at radius 1 is 1.44 bits per heavy atom. The van der Waals surface area contributed by atoms with E-state index in [4.69, 9.17) is 0 Å². The zero-order valence-electron chi connectivity index (χ0n) is 10.5. The van der Waals surface area contributed by atoms with Gasteiger partial charge >= 0.3 is 0 Å². The molecular weight excluding hydrogens is 276 g/mol. The van der Waals surface area contributed by atoms with E-state index in [1.165, 1.54) is 11.8 Å². The molecule has 0 aliphatic carbocycles. The molecule has 0 spiro atoms. The molecule has 18 heavy (non-hydrogen) atoms. The van der Waals surface area contributed by atoms with Gasteiger partial charge in [-0.25, -0.2) is 13.1 Å². The molecule has 1 fully saturated rings. The maximum atomic E-state index is 11.7. The highest BCUT2D eigenvalue weighted by atomic mass is 32.2. The smallest absolute Gasteiger partial charge is 0.242 e. The van der Waals surface area contributed by atoms with Crippen LogP contribution in [0.1, 0.15) is 19.8 Å². The highest BCUT2D eigenvalue weighted by Gasteiger charge is 2.37. The molecule has 0 aromatic carbocycles. The summed E-state index contributed by atoms with van der Waals surface area (Å²) in [7, 11) is -3.28. The molecule has 2 amide bonds. The van der Waals surface area contributed by atoms with Crippen molar-refractivity contribution in [1.82, 2.24) is 9.62 Å². The van der Waals surface area contributed by atoms with Gasteiger partial charge in [0.05, 0.1) is 11.0 Å². The number of carbonyl (C=O) groups excluding carboxylic acids is 2. The lowest BCUT2D eigenvalue weighted by atomic mass is 10.4. The van der Waals surface area contributed by atoms with E-state index in [1.54, 1.807) is 13.2 Å². The Balaban J connectivity index is 2.45. The summed E-state index contributed by atoms with van der Waals surface area (Å²) < 4.78 is 25.1. The van der Waals surface area contributed by atoms with Gasteiger partial charge in [-0.2, -0.15) is 11.8 Å². The van der Waals surface area contributed by atoms with Crippen LogP contribution in [0.4, 0.5) is 0 Å². The summed E-state index contributed by atoms with van der Waals surface area (Å²) in [5.41, 5.74) is 0. The van der Waals surface area contributed by atoms with Crippen LogP contribution in [0.2, 0.25) is 0 Å². The summed E-state index contributed by atoms with van der Waals surface area (Å²) in [6.07, 6.45) is 2.52. The molecule has 1 atom stereocenters. The molecule has 1 N–H and O–H groups in total. The third-order valence-corrected chi connectivity index (χ3v) is 5.14. The second-order valence-electron chi connectivity index (χ2n) is 4.03. The highest BCUT2D eigenvalue weighted by Crippen LogP contribution is 2.22. The molecule has 8 heteroatoms. The normalized spacial score (nSPS) is 20.8. The van der Waals surface area contributed by atoms with Gasteiger partial charge in [-0.1, -0.05) is 6.92 Å². The zero-order chi connectivity index (χ0) is 13.8. The van der Waals surface area contributed by atoms with Gasteiger partial charge in [-0.3, -0.25) is 14.5 Å². The monoisotopic (exact) mass is 294 g/mol. The molecule has 0 saturated carbocycles. The first-order valence-corrected chi connectivity index (χ1v) is 8.69. The molecule has 104 valence electrons. The van der Waals surface area contributed by atoms with Crippen molar-refractivity contribution in [3.8, 4) is 0 Å². The lowest BCUT2D eigenvalue weighted by molar-refractivity contribution is -0.138. The first-order chi connectivity index (χ1) is 8.41. The van der Waals surface area contributed by atoms with E-state index in [1.807, 2.05) is 0 Å². The van der Waals surface area contributed by atoms with Gasteiger partial charge in [0.15, 0.2) is 0 Å². The molecule has 1 heterocycles. The number of carbonyl (C=O) groups is 2. The van der Waals surface area contributed by atoms with Crippen LogP contribution in [0, 0.1) is 0 Å². The lowest BCUT2D eigenvalue weighted by Gasteiger charge is -2.14. The van der Waals surface area contributed by atoms with Crippen molar-refractivity contribution in [3.05, 3.63) is 0 Å². The molecular formula is C10H18N2O4S2. The van der Waals surface area contributed by atoms with Crippen molar-refractivity contribution >= 4 is 33.6 Å². The van der Waals surface area contributed by atoms with E-state index in [2.05, 4.69) is 4.72 Å². The quantitative estimate of drug-likeness (QED) is 0.658. The Bertz CT molecular complexity index is 422. The van der Waals surface area contributed by atoms with E-state index < -0.39 is 10.0 Å². The van der Waals surface area contributed by atoms with Crippen molar-refractivity contribution in [2.45, 2.75) is 25.0 Å². The summed E-state index contributed by atoms with van der Waals surface area (Å²) in [5.74, 6) is -0.390. The van der Waals surface area contributed by atoms with Crippen LogP contribution in [0.3, 0.4) is 0 Å². The minimum atomic E-state index is -3.28. The van der Waals surface area contributed by atoms with Gasteiger partial charge in [0.1, 0.15) is 0 Å². The number of hydrogen-bond donors (Lipinski definition) is 1. The Morgan fingerprint density at radius 2 is 2.11 bits per heavy atom. The third kappa shape index (κ3) is 3.96. The van der Waals surface area contributed by atoms with Crippen LogP contribution in [-0.4, -0.2) is 55.5 Å². The van der Waals surface area contributed by atoms with Gasteiger partial charge in [0, 0.05) is 19.5 Å². The predicted octanol–water partition coefficient (Wildman–Crippen LogP) is -0.194. The van der Waals surface area contributed by atoms with E-state index in [0.717, 1.165) is 4.90 Å². The molecule has 0 aromatic rings. The summed E-state index contributed by atoms with van der Waals surface area (Å²) in [4.78, 5) is 24.4. The van der Waals surface area contributed by atoms with Crippen molar-refractivity contribution < 1.29 is 18.0 Å². The highest BCUT2D eigenvalue weighted by molar-refractivity contribution is 8.00. The van der Waals surface area contributed by atoms with Crippen molar-refractivity contribution in [1.29, 1.82) is 0 Å². The maximum Gasteiger partial charge on any atom is 0.242 e. The topological polar surface area (TPSA) is 83.6 Å². The molecule has 0 aromatic heterocycles. The molecule has 0 radical (unpaired) electrons. The number of rotatable bonds is 7. The first-order valence-electron chi connectivity index (χ1n) is 5.75. The Kier molecular flexibility index (Phi) is 5.61. The molecule has 0 bridgehead atoms. The fourth-order valence-electron chi connectivity index (χ4n) is 1.73. The Morgan fingerprint density at radius 3 is 2.61 bits per heavy atom. The number of sulfonamides is 1. The van der Waals surface area contributed by atoms with E-state index in [9.17, 15) is 18.0 Å². The van der Waals surface area contributed by atoms with Crippen molar-refractivity contribution in [2.75, 3.05) is 25.1 Å². The zero-order valence-corrected chi connectivity index (χ0v) is 12.1. The third-order valence-electron chi connectivity index (χ3n) is 2.62. The molecule has 1 unspecified atom stereocenters. The Hall–Kier alpha value is -0.600. The average Bonchev–Trinajstić information content (AvgIpc) is 2.55. The second-order valence-corrected chi connectivity index (χ2v) is 6.99. The fourth-order valence-corrected chi connectivity index (χ4v) is 3.45. The number of likely N-dealkylation sites (tertiary alicyclic amines) is 1. The summed E-state index contributed by atoms with van der Waals surface area (Å²) in [6.45, 7) is 1.97. The average molecular weight is 294 g/mol. The molecule has 1 saturated heterocycles. The van der Waals surface area contributed by atoms with Crippen LogP contribution in [0.5, 0.6) is 0 Å². The number of thioether (sulfide) groups is 1. The van der Waals surface area contributed by atoms with Crippen LogP contribution < -0.4 is 4.72 Å². The second kappa shape index (κ2) is 6.53. The predicted molar refractivity (Wildman–Crippen MR) is 70.7 cm³/mol. The summed E-state index contributed by atoms with van der Waals surface area (Å²) in [5, 5.41) is -0.315. The van der Waals surface area contributed by atoms with Gasteiger partial charge in [0.25, 0.3) is 0 Å². The van der Waals surface area contributed by atoms with Crippen LogP contribution in [-0.2, 0) is 19.6 Å². The number of nitrogens with zero attached hydrogens (tertiary/aromatic N) is 1. The standard InChI is InChI=1S/C10H18N2O4S2/c1-3-6-18(15,16)11-4-5-12-9(13)7-8(17-2)10(12)14/h8,11H,3-7H2,1-2H3. The van der Waals surface area contributed by atoms with Crippen LogP contribution >= 0.6 is 11.8 Å². The minimum absolute atomic E-state index is 0.0579. The summed E-state index contributed by atoms with van der Waals surface area (Å²) in [6, 6.07) is 0. The largest absolute Gasteiger partial charge is 0.280 e. The van der Waals surface area contributed by atoms with Gasteiger partial charge in [-0.15, -0.1) is 0 Å². The van der Waals surface area contributed by atoms with E-state index in [-0.39, 0.29) is 42.3 Å². The first kappa shape index (κ1) is 15.5. The fraction of sp³-hybridized carbons (Fsp3) is 0.800. The van der Waals surface area contributed by atoms with Crippen molar-refractivity contribution in [3.63, 3.8) is 0 Å². The maximum absolute atomic E-state index is 11.7. The van der Waals surface area contributed by atoms with E-state index in [0.29, 0.717) is 6.42 Å². The summed E-state index contributed by atoms with van der Waals surface area (Å²) >= 11 is 1.34. The Labute approximate surface area is 112 Å². The van der Waals surface area contributed by atoms with Gasteiger partial charge < -0.3 is 0 Å². The minimum Gasteiger partial charge on any atom is -0.280 e. The molecule has 1 aliphatic heterocycles. The van der Waals surface area contributed by atoms with E-state index >= 15 is 0 Å². The van der Waals surface area contributed by atoms with Crippen molar-refractivity contribution in [2.24, 2.45) is 0 Å². The van der Waals surface area contributed by atoms with Crippen LogP contribution in [0.25, 0.3) is 0 Å². The number of amides is 2. The molecule has 1 rings (SSSR count).